The molecule has 1 aromatic heterocycles. The average Bonchev–Trinajstić information content (AvgIpc) is 3.07. The van der Waals surface area contributed by atoms with Gasteiger partial charge in [-0.15, -0.1) is 0 Å². The predicted molar refractivity (Wildman–Crippen MR) is 108 cm³/mol. The molecule has 1 aliphatic heterocycles. The minimum Gasteiger partial charge on any atom is -0.492 e. The summed E-state index contributed by atoms with van der Waals surface area (Å²) in [5.74, 6) is 1.11. The topological polar surface area (TPSA) is 82.6 Å². The Hall–Kier alpha value is -2.54. The Morgan fingerprint density at radius 1 is 1.14 bits per heavy atom. The molecule has 1 aliphatic rings. The van der Waals surface area contributed by atoms with Gasteiger partial charge < -0.3 is 15.2 Å². The summed E-state index contributed by atoms with van der Waals surface area (Å²) in [5.41, 5.74) is 6.61. The highest BCUT2D eigenvalue weighted by atomic mass is 16.6. The normalized spacial score (nSPS) is 15.4. The van der Waals surface area contributed by atoms with Gasteiger partial charge in [-0.2, -0.15) is 5.10 Å². The molecule has 1 fully saturated rings. The summed E-state index contributed by atoms with van der Waals surface area (Å²) in [4.78, 5) is 13.7. The summed E-state index contributed by atoms with van der Waals surface area (Å²) in [6.07, 6.45) is 3.04. The zero-order chi connectivity index (χ0) is 20.1. The van der Waals surface area contributed by atoms with E-state index in [1.807, 2.05) is 45.0 Å². The monoisotopic (exact) mass is 386 g/mol. The molecule has 2 aromatic rings. The van der Waals surface area contributed by atoms with E-state index in [1.165, 1.54) is 32.4 Å². The van der Waals surface area contributed by atoms with E-state index in [4.69, 9.17) is 15.2 Å². The van der Waals surface area contributed by atoms with Gasteiger partial charge in [0.2, 0.25) is 5.88 Å². The van der Waals surface area contributed by atoms with Crippen LogP contribution in [-0.4, -0.2) is 47.0 Å². The molecule has 0 radical (unpaired) electrons. The molecule has 0 atom stereocenters. The van der Waals surface area contributed by atoms with Crippen LogP contribution in [0.4, 0.5) is 4.79 Å². The quantitative estimate of drug-likeness (QED) is 0.822. The fourth-order valence-corrected chi connectivity index (χ4v) is 3.25. The minimum absolute atomic E-state index is 0.182. The van der Waals surface area contributed by atoms with E-state index in [0.717, 1.165) is 23.7 Å². The molecule has 7 nitrogen and oxygen atoms in total. The van der Waals surface area contributed by atoms with Crippen molar-refractivity contribution in [1.82, 2.24) is 14.7 Å². The summed E-state index contributed by atoms with van der Waals surface area (Å²) >= 11 is 0. The molecule has 2 heterocycles. The molecule has 3 rings (SSSR count). The van der Waals surface area contributed by atoms with Gasteiger partial charge >= 0.3 is 6.09 Å². The third kappa shape index (κ3) is 5.25. The average molecular weight is 386 g/mol. The van der Waals surface area contributed by atoms with Crippen LogP contribution in [0.25, 0.3) is 5.69 Å². The van der Waals surface area contributed by atoms with Gasteiger partial charge in [0.05, 0.1) is 11.4 Å². The lowest BCUT2D eigenvalue weighted by Gasteiger charge is -2.26. The van der Waals surface area contributed by atoms with Crippen LogP contribution in [-0.2, 0) is 5.41 Å². The van der Waals surface area contributed by atoms with E-state index in [2.05, 4.69) is 10.00 Å². The first kappa shape index (κ1) is 20.2. The molecular weight excluding hydrogens is 356 g/mol. The van der Waals surface area contributed by atoms with Crippen LogP contribution in [0, 0.1) is 0 Å². The van der Waals surface area contributed by atoms with Gasteiger partial charge in [-0.05, 0) is 50.2 Å². The first-order valence-electron chi connectivity index (χ1n) is 9.86. The Morgan fingerprint density at radius 2 is 1.82 bits per heavy atom. The molecule has 0 spiro atoms. The van der Waals surface area contributed by atoms with Crippen LogP contribution in [0.1, 0.15) is 45.7 Å². The van der Waals surface area contributed by atoms with Crippen molar-refractivity contribution in [3.8, 4) is 17.3 Å². The SMILES string of the molecule is CC(C)(C)c1cc(OC(N)=O)n(-c2ccc(OCCN3CCCCC3)cc2)n1. The predicted octanol–water partition coefficient (Wildman–Crippen LogP) is 3.49. The number of nitrogens with two attached hydrogens (primary N) is 1. The highest BCUT2D eigenvalue weighted by molar-refractivity contribution is 5.67. The van der Waals surface area contributed by atoms with Gasteiger partial charge in [0.25, 0.3) is 0 Å². The standard InChI is InChI=1S/C21H30N4O3/c1-21(2,3)18-15-19(28-20(22)26)25(23-18)16-7-9-17(10-8-16)27-14-13-24-11-5-4-6-12-24/h7-10,15H,4-6,11-14H2,1-3H3,(H2,22,26). The summed E-state index contributed by atoms with van der Waals surface area (Å²) < 4.78 is 12.6. The molecule has 7 heteroatoms. The van der Waals surface area contributed by atoms with Crippen molar-refractivity contribution in [2.75, 3.05) is 26.2 Å². The number of primary amides is 1. The molecule has 0 bridgehead atoms. The molecule has 1 aromatic carbocycles. The van der Waals surface area contributed by atoms with Gasteiger partial charge in [-0.3, -0.25) is 4.90 Å². The van der Waals surface area contributed by atoms with Gasteiger partial charge in [-0.25, -0.2) is 9.48 Å². The molecule has 0 aliphatic carbocycles. The lowest BCUT2D eigenvalue weighted by Crippen LogP contribution is -2.33. The van der Waals surface area contributed by atoms with Crippen molar-refractivity contribution in [1.29, 1.82) is 0 Å². The molecule has 28 heavy (non-hydrogen) atoms. The molecule has 1 amide bonds. The summed E-state index contributed by atoms with van der Waals surface area (Å²) in [7, 11) is 0. The van der Waals surface area contributed by atoms with E-state index in [0.29, 0.717) is 12.5 Å². The van der Waals surface area contributed by atoms with E-state index < -0.39 is 6.09 Å². The summed E-state index contributed by atoms with van der Waals surface area (Å²) in [6, 6.07) is 9.33. The number of hydrogen-bond donors (Lipinski definition) is 1. The second-order valence-electron chi connectivity index (χ2n) is 8.20. The number of nitrogens with zero attached hydrogens (tertiary/aromatic N) is 3. The maximum Gasteiger partial charge on any atom is 0.411 e. The summed E-state index contributed by atoms with van der Waals surface area (Å²) in [6.45, 7) is 10.1. The largest absolute Gasteiger partial charge is 0.492 e. The van der Waals surface area contributed by atoms with Crippen LogP contribution in [0.2, 0.25) is 0 Å². The number of carbonyl (C=O) groups excluding carboxylic acids is 1. The number of hydrogen-bond acceptors (Lipinski definition) is 5. The van der Waals surface area contributed by atoms with Crippen molar-refractivity contribution in [3.05, 3.63) is 36.0 Å². The zero-order valence-electron chi connectivity index (χ0n) is 17.0. The molecule has 1 saturated heterocycles. The molecule has 2 N–H and O–H groups in total. The smallest absolute Gasteiger partial charge is 0.411 e. The second-order valence-corrected chi connectivity index (χ2v) is 8.20. The third-order valence-corrected chi connectivity index (χ3v) is 4.86. The molecule has 0 unspecified atom stereocenters. The number of piperidine rings is 1. The van der Waals surface area contributed by atoms with E-state index >= 15 is 0 Å². The fourth-order valence-electron chi connectivity index (χ4n) is 3.25. The van der Waals surface area contributed by atoms with E-state index in [-0.39, 0.29) is 5.41 Å². The van der Waals surface area contributed by atoms with Crippen molar-refractivity contribution in [2.24, 2.45) is 5.73 Å². The Bertz CT molecular complexity index is 787. The number of likely N-dealkylation sites (tertiary alicyclic amines) is 1. The Morgan fingerprint density at radius 3 is 2.43 bits per heavy atom. The van der Waals surface area contributed by atoms with Crippen LogP contribution in [0.3, 0.4) is 0 Å². The van der Waals surface area contributed by atoms with E-state index in [1.54, 1.807) is 10.7 Å². The van der Waals surface area contributed by atoms with Crippen LogP contribution >= 0.6 is 0 Å². The minimum atomic E-state index is -0.862. The lowest BCUT2D eigenvalue weighted by atomic mass is 9.93. The number of aromatic nitrogens is 2. The second kappa shape index (κ2) is 8.65. The fraction of sp³-hybridized carbons (Fsp3) is 0.524. The Balaban J connectivity index is 1.68. The molecule has 0 saturated carbocycles. The molecular formula is C21H30N4O3. The highest BCUT2D eigenvalue weighted by Crippen LogP contribution is 2.28. The molecule has 152 valence electrons. The highest BCUT2D eigenvalue weighted by Gasteiger charge is 2.22. The van der Waals surface area contributed by atoms with E-state index in [9.17, 15) is 4.79 Å². The number of benzene rings is 1. The maximum atomic E-state index is 11.2. The van der Waals surface area contributed by atoms with Crippen LogP contribution in [0.15, 0.2) is 30.3 Å². The van der Waals surface area contributed by atoms with Crippen LogP contribution in [0.5, 0.6) is 11.6 Å². The first-order chi connectivity index (χ1) is 13.3. The summed E-state index contributed by atoms with van der Waals surface area (Å²) in [5, 5.41) is 4.59. The maximum absolute atomic E-state index is 11.2. The van der Waals surface area contributed by atoms with Gasteiger partial charge in [0, 0.05) is 18.0 Å². The van der Waals surface area contributed by atoms with Crippen molar-refractivity contribution >= 4 is 6.09 Å². The van der Waals surface area contributed by atoms with Gasteiger partial charge in [-0.1, -0.05) is 27.2 Å². The number of amides is 1. The number of ether oxygens (including phenoxy) is 2. The first-order valence-corrected chi connectivity index (χ1v) is 9.86. The Kier molecular flexibility index (Phi) is 6.24. The van der Waals surface area contributed by atoms with Crippen LogP contribution < -0.4 is 15.2 Å². The third-order valence-electron chi connectivity index (χ3n) is 4.86. The van der Waals surface area contributed by atoms with Crippen molar-refractivity contribution in [3.63, 3.8) is 0 Å². The number of carbonyl (C=O) groups is 1. The number of rotatable bonds is 6. The van der Waals surface area contributed by atoms with Crippen molar-refractivity contribution in [2.45, 2.75) is 45.4 Å². The van der Waals surface area contributed by atoms with Gasteiger partial charge in [0.1, 0.15) is 12.4 Å². The van der Waals surface area contributed by atoms with Crippen molar-refractivity contribution < 1.29 is 14.3 Å². The zero-order valence-corrected chi connectivity index (χ0v) is 17.0. The Labute approximate surface area is 166 Å². The lowest BCUT2D eigenvalue weighted by molar-refractivity contribution is 0.183. The van der Waals surface area contributed by atoms with Gasteiger partial charge in [0.15, 0.2) is 0 Å².